The molecule has 170 valence electrons. The number of carbonyl (C=O) groups is 1. The lowest BCUT2D eigenvalue weighted by atomic mass is 10.0. The zero-order chi connectivity index (χ0) is 22.9. The average Bonchev–Trinajstić information content (AvgIpc) is 3.01. The lowest BCUT2D eigenvalue weighted by molar-refractivity contribution is -0.131. The van der Waals surface area contributed by atoms with Crippen molar-refractivity contribution in [2.24, 2.45) is 0 Å². The van der Waals surface area contributed by atoms with Gasteiger partial charge in [-0.15, -0.1) is 0 Å². The van der Waals surface area contributed by atoms with Gasteiger partial charge in [-0.3, -0.25) is 4.79 Å². The molecule has 2 heterocycles. The number of aryl methyl sites for hydroxylation is 1. The monoisotopic (exact) mass is 486 g/mol. The molecule has 0 bridgehead atoms. The van der Waals surface area contributed by atoms with Crippen molar-refractivity contribution in [3.8, 4) is 5.69 Å². The van der Waals surface area contributed by atoms with Gasteiger partial charge >= 0.3 is 0 Å². The van der Waals surface area contributed by atoms with Gasteiger partial charge in [0, 0.05) is 42.5 Å². The molecule has 1 amide bonds. The van der Waals surface area contributed by atoms with Crippen molar-refractivity contribution in [2.45, 2.75) is 46.1 Å². The maximum Gasteiger partial charge on any atom is 0.227 e. The average molecular weight is 487 g/mol. The largest absolute Gasteiger partial charge is 0.342 e. The highest BCUT2D eigenvalue weighted by molar-refractivity contribution is 7.89. The van der Waals surface area contributed by atoms with Crippen LogP contribution in [0.15, 0.2) is 18.2 Å². The van der Waals surface area contributed by atoms with Crippen LogP contribution in [0.5, 0.6) is 0 Å². The number of piperidine rings is 1. The van der Waals surface area contributed by atoms with Gasteiger partial charge in [-0.25, -0.2) is 17.4 Å². The van der Waals surface area contributed by atoms with Crippen LogP contribution >= 0.6 is 23.2 Å². The van der Waals surface area contributed by atoms with E-state index in [9.17, 15) is 13.2 Å². The van der Waals surface area contributed by atoms with E-state index in [-0.39, 0.29) is 24.1 Å². The first-order chi connectivity index (χ1) is 14.5. The molecule has 1 aromatic heterocycles. The lowest BCUT2D eigenvalue weighted by Crippen LogP contribution is -2.47. The van der Waals surface area contributed by atoms with Crippen LogP contribution in [0.1, 0.15) is 36.7 Å². The second kappa shape index (κ2) is 9.48. The molecule has 0 unspecified atom stereocenters. The summed E-state index contributed by atoms with van der Waals surface area (Å²) in [6.07, 6.45) is 1.52. The highest BCUT2D eigenvalue weighted by Crippen LogP contribution is 2.27. The molecule has 1 saturated heterocycles. The van der Waals surface area contributed by atoms with Gasteiger partial charge in [0.15, 0.2) is 0 Å². The Morgan fingerprint density at radius 1 is 1.23 bits per heavy atom. The minimum Gasteiger partial charge on any atom is -0.342 e. The van der Waals surface area contributed by atoms with E-state index in [2.05, 4.69) is 5.10 Å². The van der Waals surface area contributed by atoms with Gasteiger partial charge in [-0.2, -0.15) is 5.10 Å². The molecule has 31 heavy (non-hydrogen) atoms. The van der Waals surface area contributed by atoms with Gasteiger partial charge in [0.1, 0.15) is 0 Å². The molecule has 0 radical (unpaired) electrons. The van der Waals surface area contributed by atoms with Crippen molar-refractivity contribution in [2.75, 3.05) is 25.9 Å². The summed E-state index contributed by atoms with van der Waals surface area (Å²) in [7, 11) is -1.60. The van der Waals surface area contributed by atoms with Crippen molar-refractivity contribution in [1.29, 1.82) is 0 Å². The van der Waals surface area contributed by atoms with Crippen LogP contribution in [0.4, 0.5) is 0 Å². The summed E-state index contributed by atoms with van der Waals surface area (Å²) in [6, 6.07) is 5.16. The lowest BCUT2D eigenvalue weighted by Gasteiger charge is -2.36. The summed E-state index contributed by atoms with van der Waals surface area (Å²) >= 11 is 12.3. The summed E-state index contributed by atoms with van der Waals surface area (Å²) in [6.45, 7) is 6.54. The van der Waals surface area contributed by atoms with E-state index >= 15 is 0 Å². The predicted octanol–water partition coefficient (Wildman–Crippen LogP) is 3.61. The first-order valence-corrected chi connectivity index (χ1v) is 12.7. The van der Waals surface area contributed by atoms with Crippen molar-refractivity contribution >= 4 is 39.1 Å². The highest BCUT2D eigenvalue weighted by atomic mass is 35.5. The second-order valence-electron chi connectivity index (χ2n) is 7.86. The van der Waals surface area contributed by atoms with Crippen LogP contribution in [0.25, 0.3) is 5.69 Å². The fraction of sp³-hybridized carbons (Fsp3) is 0.524. The van der Waals surface area contributed by atoms with Crippen LogP contribution in [-0.4, -0.2) is 65.2 Å². The van der Waals surface area contributed by atoms with E-state index in [1.165, 1.54) is 4.31 Å². The Balaban J connectivity index is 1.70. The van der Waals surface area contributed by atoms with Crippen LogP contribution in [-0.2, 0) is 21.2 Å². The van der Waals surface area contributed by atoms with E-state index in [0.717, 1.165) is 17.0 Å². The van der Waals surface area contributed by atoms with Gasteiger partial charge in [-0.1, -0.05) is 23.2 Å². The van der Waals surface area contributed by atoms with Gasteiger partial charge in [-0.05, 0) is 51.8 Å². The maximum atomic E-state index is 13.0. The summed E-state index contributed by atoms with van der Waals surface area (Å²) < 4.78 is 27.4. The Labute approximate surface area is 194 Å². The number of hydrogen-bond donors (Lipinski definition) is 0. The molecule has 2 aromatic rings. The van der Waals surface area contributed by atoms with E-state index < -0.39 is 10.0 Å². The van der Waals surface area contributed by atoms with E-state index in [1.54, 1.807) is 36.9 Å². The molecule has 1 fully saturated rings. The van der Waals surface area contributed by atoms with Crippen molar-refractivity contribution in [3.63, 3.8) is 0 Å². The first-order valence-electron chi connectivity index (χ1n) is 10.3. The molecular weight excluding hydrogens is 459 g/mol. The minimum atomic E-state index is -3.23. The maximum absolute atomic E-state index is 13.0. The quantitative estimate of drug-likeness (QED) is 0.624. The number of carbonyl (C=O) groups excluding carboxylic acids is 1. The zero-order valence-corrected chi connectivity index (χ0v) is 20.6. The SMILES string of the molecule is CCS(=O)(=O)N(C)C1CCN(C(=O)Cc2c(C)nn(-c3ccc(Cl)cc3Cl)c2C)CC1. The molecule has 1 aliphatic heterocycles. The number of nitrogens with zero attached hydrogens (tertiary/aromatic N) is 4. The number of sulfonamides is 1. The van der Waals surface area contributed by atoms with Gasteiger partial charge in [0.05, 0.1) is 28.6 Å². The fourth-order valence-corrected chi connectivity index (χ4v) is 5.55. The molecule has 0 N–H and O–H groups in total. The fourth-order valence-electron chi connectivity index (χ4n) is 3.99. The van der Waals surface area contributed by atoms with E-state index in [0.29, 0.717) is 41.7 Å². The summed E-state index contributed by atoms with van der Waals surface area (Å²) in [4.78, 5) is 14.8. The molecule has 0 saturated carbocycles. The summed E-state index contributed by atoms with van der Waals surface area (Å²) in [5, 5.41) is 5.62. The number of amides is 1. The third kappa shape index (κ3) is 5.08. The number of rotatable bonds is 6. The molecule has 1 aromatic carbocycles. The third-order valence-corrected chi connectivity index (χ3v) is 8.49. The number of hydrogen-bond acceptors (Lipinski definition) is 4. The smallest absolute Gasteiger partial charge is 0.227 e. The van der Waals surface area contributed by atoms with E-state index in [4.69, 9.17) is 23.2 Å². The Morgan fingerprint density at radius 2 is 1.87 bits per heavy atom. The number of halogens is 2. The number of likely N-dealkylation sites (tertiary alicyclic amines) is 1. The Kier molecular flexibility index (Phi) is 7.35. The summed E-state index contributed by atoms with van der Waals surface area (Å²) in [5.74, 6) is 0.107. The topological polar surface area (TPSA) is 75.5 Å². The van der Waals surface area contributed by atoms with Gasteiger partial charge < -0.3 is 4.90 Å². The van der Waals surface area contributed by atoms with Crippen molar-refractivity contribution in [1.82, 2.24) is 19.0 Å². The van der Waals surface area contributed by atoms with Gasteiger partial charge in [0.25, 0.3) is 0 Å². The molecular formula is C21H28Cl2N4O3S. The van der Waals surface area contributed by atoms with E-state index in [1.807, 2.05) is 18.7 Å². The predicted molar refractivity (Wildman–Crippen MR) is 124 cm³/mol. The zero-order valence-electron chi connectivity index (χ0n) is 18.2. The van der Waals surface area contributed by atoms with Crippen LogP contribution < -0.4 is 0 Å². The van der Waals surface area contributed by atoms with Crippen molar-refractivity contribution in [3.05, 3.63) is 45.2 Å². The highest BCUT2D eigenvalue weighted by Gasteiger charge is 2.30. The Morgan fingerprint density at radius 3 is 2.45 bits per heavy atom. The second-order valence-corrected chi connectivity index (χ2v) is 11.0. The molecule has 10 heteroatoms. The molecule has 0 spiro atoms. The number of aromatic nitrogens is 2. The third-order valence-electron chi connectivity index (χ3n) is 6.04. The molecule has 0 aliphatic carbocycles. The number of benzene rings is 1. The molecule has 3 rings (SSSR count). The standard InChI is InChI=1S/C21H28Cl2N4O3S/c1-5-31(29,30)25(4)17-8-10-26(11-9-17)21(28)13-18-14(2)24-27(15(18)3)20-7-6-16(22)12-19(20)23/h6-7,12,17H,5,8-11,13H2,1-4H3. The molecule has 7 nitrogen and oxygen atoms in total. The van der Waals surface area contributed by atoms with Crippen LogP contribution in [0, 0.1) is 13.8 Å². The summed E-state index contributed by atoms with van der Waals surface area (Å²) in [5.41, 5.74) is 3.23. The van der Waals surface area contributed by atoms with Gasteiger partial charge in [0.2, 0.25) is 15.9 Å². The van der Waals surface area contributed by atoms with Crippen LogP contribution in [0.2, 0.25) is 10.0 Å². The molecule has 0 atom stereocenters. The Bertz CT molecular complexity index is 1080. The first kappa shape index (κ1) is 24.0. The Hall–Kier alpha value is -1.61. The normalized spacial score (nSPS) is 15.6. The van der Waals surface area contributed by atoms with Crippen LogP contribution in [0.3, 0.4) is 0 Å². The van der Waals surface area contributed by atoms with Crippen molar-refractivity contribution < 1.29 is 13.2 Å². The minimum absolute atomic E-state index is 0.0207. The molecule has 1 aliphatic rings.